The third kappa shape index (κ3) is 3.83. The van der Waals surface area contributed by atoms with Crippen LogP contribution in [0.4, 0.5) is 0 Å². The van der Waals surface area contributed by atoms with Crippen LogP contribution in [0.25, 0.3) is 0 Å². The fourth-order valence-corrected chi connectivity index (χ4v) is 2.52. The number of hydrogen-bond acceptors (Lipinski definition) is 3. The van der Waals surface area contributed by atoms with Gasteiger partial charge in [-0.2, -0.15) is 5.26 Å². The second-order valence-corrected chi connectivity index (χ2v) is 4.75. The molecular formula is C12H11Br2NO2. The lowest BCUT2D eigenvalue weighted by atomic mass is 10.0. The van der Waals surface area contributed by atoms with Crippen molar-refractivity contribution in [3.8, 4) is 6.07 Å². The molecule has 17 heavy (non-hydrogen) atoms. The van der Waals surface area contributed by atoms with Crippen LogP contribution in [0.3, 0.4) is 0 Å². The highest BCUT2D eigenvalue weighted by atomic mass is 79.9. The van der Waals surface area contributed by atoms with E-state index in [1.165, 1.54) is 0 Å². The minimum atomic E-state index is -0.260. The average molecular weight is 361 g/mol. The summed E-state index contributed by atoms with van der Waals surface area (Å²) in [7, 11) is 0. The van der Waals surface area contributed by atoms with E-state index in [1.54, 1.807) is 13.0 Å². The molecule has 3 nitrogen and oxygen atoms in total. The summed E-state index contributed by atoms with van der Waals surface area (Å²) in [6.07, 6.45) is 0.220. The molecule has 5 heteroatoms. The number of nitrogens with zero attached hydrogens (tertiary/aromatic N) is 1. The predicted octanol–water partition coefficient (Wildman–Crippen LogP) is 3.32. The summed E-state index contributed by atoms with van der Waals surface area (Å²) in [5.74, 6) is -0.260. The number of benzene rings is 1. The molecular weight excluding hydrogens is 350 g/mol. The van der Waals surface area contributed by atoms with Crippen LogP contribution in [0.5, 0.6) is 0 Å². The van der Waals surface area contributed by atoms with Gasteiger partial charge in [0.05, 0.1) is 18.6 Å². The van der Waals surface area contributed by atoms with E-state index in [0.717, 1.165) is 11.1 Å². The highest BCUT2D eigenvalue weighted by molar-refractivity contribution is 9.10. The lowest BCUT2D eigenvalue weighted by molar-refractivity contribution is -0.142. The maximum absolute atomic E-state index is 11.4. The Kier molecular flexibility index (Phi) is 5.66. The molecule has 0 aromatic heterocycles. The molecule has 0 fully saturated rings. The summed E-state index contributed by atoms with van der Waals surface area (Å²) in [5, 5.41) is 9.57. The van der Waals surface area contributed by atoms with Gasteiger partial charge in [0.1, 0.15) is 6.07 Å². The van der Waals surface area contributed by atoms with Crippen LogP contribution < -0.4 is 0 Å². The van der Waals surface area contributed by atoms with E-state index in [4.69, 9.17) is 10.00 Å². The van der Waals surface area contributed by atoms with Gasteiger partial charge < -0.3 is 4.74 Å². The first-order valence-corrected chi connectivity index (χ1v) is 6.96. The molecule has 0 saturated heterocycles. The van der Waals surface area contributed by atoms with Crippen molar-refractivity contribution in [2.24, 2.45) is 0 Å². The van der Waals surface area contributed by atoms with Gasteiger partial charge >= 0.3 is 5.97 Å². The largest absolute Gasteiger partial charge is 0.466 e. The molecule has 0 spiro atoms. The molecule has 0 bridgehead atoms. The van der Waals surface area contributed by atoms with E-state index in [-0.39, 0.29) is 12.4 Å². The molecule has 1 aromatic rings. The van der Waals surface area contributed by atoms with Crippen LogP contribution in [0.2, 0.25) is 0 Å². The van der Waals surface area contributed by atoms with Crippen molar-refractivity contribution >= 4 is 37.8 Å². The monoisotopic (exact) mass is 359 g/mol. The number of carbonyl (C=O) groups excluding carboxylic acids is 1. The highest BCUT2D eigenvalue weighted by Gasteiger charge is 2.11. The first-order chi connectivity index (χ1) is 8.12. The van der Waals surface area contributed by atoms with Crippen molar-refractivity contribution in [3.05, 3.63) is 33.3 Å². The summed E-state index contributed by atoms with van der Waals surface area (Å²) >= 11 is 6.66. The Hall–Kier alpha value is -0.860. The summed E-state index contributed by atoms with van der Waals surface area (Å²) in [6, 6.07) is 5.75. The zero-order valence-corrected chi connectivity index (χ0v) is 12.5. The SMILES string of the molecule is CCOC(=O)Cc1cc(Br)c(C#N)c(CBr)c1. The fourth-order valence-electron chi connectivity index (χ4n) is 1.44. The summed E-state index contributed by atoms with van der Waals surface area (Å²) in [5.41, 5.74) is 2.29. The molecule has 0 unspecified atom stereocenters. The number of rotatable bonds is 4. The Morgan fingerprint density at radius 1 is 1.53 bits per heavy atom. The predicted molar refractivity (Wildman–Crippen MR) is 71.8 cm³/mol. The molecule has 0 radical (unpaired) electrons. The van der Waals surface area contributed by atoms with Gasteiger partial charge in [-0.25, -0.2) is 0 Å². The van der Waals surface area contributed by atoms with Crippen LogP contribution in [0, 0.1) is 11.3 Å². The smallest absolute Gasteiger partial charge is 0.310 e. The van der Waals surface area contributed by atoms with Gasteiger partial charge in [0, 0.05) is 9.80 Å². The van der Waals surface area contributed by atoms with E-state index in [9.17, 15) is 4.79 Å². The number of halogens is 2. The summed E-state index contributed by atoms with van der Waals surface area (Å²) in [4.78, 5) is 11.4. The number of esters is 1. The van der Waals surface area contributed by atoms with Crippen molar-refractivity contribution in [1.29, 1.82) is 5.26 Å². The zero-order valence-electron chi connectivity index (χ0n) is 9.30. The van der Waals surface area contributed by atoms with Gasteiger partial charge in [-0.1, -0.05) is 22.0 Å². The molecule has 0 aliphatic heterocycles. The van der Waals surface area contributed by atoms with E-state index in [1.807, 2.05) is 6.07 Å². The van der Waals surface area contributed by atoms with Crippen LogP contribution in [0.1, 0.15) is 23.6 Å². The van der Waals surface area contributed by atoms with Gasteiger partial charge in [0.15, 0.2) is 0 Å². The molecule has 1 rings (SSSR count). The molecule has 0 amide bonds. The van der Waals surface area contributed by atoms with Crippen LogP contribution in [-0.2, 0) is 21.3 Å². The molecule has 0 heterocycles. The van der Waals surface area contributed by atoms with Crippen LogP contribution in [0.15, 0.2) is 16.6 Å². The van der Waals surface area contributed by atoms with Gasteiger partial charge in [-0.3, -0.25) is 4.79 Å². The Labute approximate surface area is 117 Å². The average Bonchev–Trinajstić information content (AvgIpc) is 2.28. The molecule has 0 aliphatic carbocycles. The Morgan fingerprint density at radius 3 is 2.76 bits per heavy atom. The first-order valence-electron chi connectivity index (χ1n) is 5.05. The van der Waals surface area contributed by atoms with Crippen LogP contribution in [-0.4, -0.2) is 12.6 Å². The molecule has 0 aliphatic rings. The lowest BCUT2D eigenvalue weighted by Crippen LogP contribution is -2.08. The van der Waals surface area contributed by atoms with E-state index in [2.05, 4.69) is 37.9 Å². The lowest BCUT2D eigenvalue weighted by Gasteiger charge is -2.07. The van der Waals surface area contributed by atoms with Gasteiger partial charge in [0.25, 0.3) is 0 Å². The first kappa shape index (κ1) is 14.2. The minimum absolute atomic E-state index is 0.220. The maximum Gasteiger partial charge on any atom is 0.310 e. The fraction of sp³-hybridized carbons (Fsp3) is 0.333. The standard InChI is InChI=1S/C12H11Br2NO2/c1-2-17-12(16)5-8-3-9(6-13)10(7-15)11(14)4-8/h3-4H,2,5-6H2,1H3. The third-order valence-electron chi connectivity index (χ3n) is 2.14. The molecule has 1 aromatic carbocycles. The molecule has 0 saturated carbocycles. The summed E-state index contributed by atoms with van der Waals surface area (Å²) < 4.78 is 5.59. The molecule has 90 valence electrons. The van der Waals surface area contributed by atoms with Gasteiger partial charge in [-0.05, 0) is 40.0 Å². The van der Waals surface area contributed by atoms with Crippen molar-refractivity contribution < 1.29 is 9.53 Å². The zero-order chi connectivity index (χ0) is 12.8. The second kappa shape index (κ2) is 6.77. The molecule has 0 N–H and O–H groups in total. The van der Waals surface area contributed by atoms with Crippen molar-refractivity contribution in [2.75, 3.05) is 6.61 Å². The maximum atomic E-state index is 11.4. The number of carbonyl (C=O) groups is 1. The second-order valence-electron chi connectivity index (χ2n) is 3.34. The molecule has 0 atom stereocenters. The van der Waals surface area contributed by atoms with E-state index >= 15 is 0 Å². The van der Waals surface area contributed by atoms with Crippen molar-refractivity contribution in [2.45, 2.75) is 18.7 Å². The van der Waals surface area contributed by atoms with E-state index in [0.29, 0.717) is 22.0 Å². The third-order valence-corrected chi connectivity index (χ3v) is 3.37. The van der Waals surface area contributed by atoms with Crippen molar-refractivity contribution in [1.82, 2.24) is 0 Å². The Balaban J connectivity index is 3.00. The normalized spacial score (nSPS) is 9.76. The minimum Gasteiger partial charge on any atom is -0.466 e. The van der Waals surface area contributed by atoms with Gasteiger partial charge in [-0.15, -0.1) is 0 Å². The number of alkyl halides is 1. The van der Waals surface area contributed by atoms with Crippen LogP contribution >= 0.6 is 31.9 Å². The van der Waals surface area contributed by atoms with Gasteiger partial charge in [0.2, 0.25) is 0 Å². The number of hydrogen-bond donors (Lipinski definition) is 0. The Morgan fingerprint density at radius 2 is 2.24 bits per heavy atom. The Bertz CT molecular complexity index is 466. The number of nitriles is 1. The van der Waals surface area contributed by atoms with Crippen molar-refractivity contribution in [3.63, 3.8) is 0 Å². The van der Waals surface area contributed by atoms with E-state index < -0.39 is 0 Å². The topological polar surface area (TPSA) is 50.1 Å². The summed E-state index contributed by atoms with van der Waals surface area (Å²) in [6.45, 7) is 2.15. The quantitative estimate of drug-likeness (QED) is 0.611. The number of ether oxygens (including phenoxy) is 1. The highest BCUT2D eigenvalue weighted by Crippen LogP contribution is 2.24.